The van der Waals surface area contributed by atoms with Gasteiger partial charge >= 0.3 is 0 Å². The highest BCUT2D eigenvalue weighted by molar-refractivity contribution is 7.80. The topological polar surface area (TPSA) is 55.1 Å². The third-order valence-electron chi connectivity index (χ3n) is 2.43. The molecule has 0 aliphatic heterocycles. The summed E-state index contributed by atoms with van der Waals surface area (Å²) in [5.74, 6) is 0.152. The van der Waals surface area contributed by atoms with E-state index in [4.69, 9.17) is 18.0 Å². The summed E-state index contributed by atoms with van der Waals surface area (Å²) in [5, 5.41) is 2.87. The molecule has 0 unspecified atom stereocenters. The van der Waals surface area contributed by atoms with Gasteiger partial charge in [-0.05, 0) is 19.3 Å². The van der Waals surface area contributed by atoms with E-state index in [1.807, 2.05) is 0 Å². The zero-order valence-electron chi connectivity index (χ0n) is 10.3. The maximum absolute atomic E-state index is 11.3. The lowest BCUT2D eigenvalue weighted by atomic mass is 10.1. The van der Waals surface area contributed by atoms with Crippen molar-refractivity contribution in [1.82, 2.24) is 5.32 Å². The molecule has 0 rings (SSSR count). The average molecular weight is 244 g/mol. The zero-order valence-corrected chi connectivity index (χ0v) is 11.1. The van der Waals surface area contributed by atoms with Crippen LogP contribution in [-0.4, -0.2) is 17.4 Å². The maximum atomic E-state index is 11.3. The van der Waals surface area contributed by atoms with Gasteiger partial charge in [0.1, 0.15) is 0 Å². The van der Waals surface area contributed by atoms with Crippen molar-refractivity contribution >= 4 is 23.1 Å². The molecule has 0 aromatic carbocycles. The first kappa shape index (κ1) is 15.4. The highest BCUT2D eigenvalue weighted by Gasteiger charge is 2.00. The number of unbranched alkanes of at least 4 members (excludes halogenated alkanes) is 4. The van der Waals surface area contributed by atoms with E-state index >= 15 is 0 Å². The van der Waals surface area contributed by atoms with Crippen molar-refractivity contribution in [2.45, 2.75) is 58.3 Å². The van der Waals surface area contributed by atoms with Crippen molar-refractivity contribution in [3.63, 3.8) is 0 Å². The van der Waals surface area contributed by atoms with E-state index in [9.17, 15) is 4.79 Å². The molecule has 0 aromatic rings. The van der Waals surface area contributed by atoms with Gasteiger partial charge < -0.3 is 11.1 Å². The molecule has 0 atom stereocenters. The van der Waals surface area contributed by atoms with Crippen molar-refractivity contribution in [2.24, 2.45) is 5.73 Å². The smallest absolute Gasteiger partial charge is 0.219 e. The highest BCUT2D eigenvalue weighted by atomic mass is 32.1. The number of carbonyl (C=O) groups is 1. The van der Waals surface area contributed by atoms with Gasteiger partial charge in [-0.1, -0.05) is 44.8 Å². The van der Waals surface area contributed by atoms with Gasteiger partial charge in [0.2, 0.25) is 5.91 Å². The summed E-state index contributed by atoms with van der Waals surface area (Å²) in [7, 11) is 0. The van der Waals surface area contributed by atoms with E-state index < -0.39 is 0 Å². The summed E-state index contributed by atoms with van der Waals surface area (Å²) in [6.07, 6.45) is 8.13. The minimum absolute atomic E-state index is 0.152. The normalized spacial score (nSPS) is 10.1. The number of nitrogens with two attached hydrogens (primary N) is 1. The molecule has 3 nitrogen and oxygen atoms in total. The van der Waals surface area contributed by atoms with Gasteiger partial charge in [0.05, 0.1) is 4.99 Å². The van der Waals surface area contributed by atoms with Crippen molar-refractivity contribution in [1.29, 1.82) is 0 Å². The quantitative estimate of drug-likeness (QED) is 0.458. The summed E-state index contributed by atoms with van der Waals surface area (Å²) in [4.78, 5) is 11.9. The Bertz CT molecular complexity index is 207. The lowest BCUT2D eigenvalue weighted by Gasteiger charge is -2.04. The summed E-state index contributed by atoms with van der Waals surface area (Å²) in [5.41, 5.74) is 5.35. The Kier molecular flexibility index (Phi) is 10.4. The Balaban J connectivity index is 3.21. The van der Waals surface area contributed by atoms with Crippen LogP contribution in [0.1, 0.15) is 58.3 Å². The number of carbonyl (C=O) groups excluding carboxylic acids is 1. The molecule has 0 fully saturated rings. The molecule has 0 saturated carbocycles. The first-order chi connectivity index (χ1) is 7.66. The van der Waals surface area contributed by atoms with E-state index in [0.29, 0.717) is 24.4 Å². The third kappa shape index (κ3) is 11.4. The number of hydrogen-bond donors (Lipinski definition) is 2. The number of hydrogen-bond acceptors (Lipinski definition) is 2. The summed E-state index contributed by atoms with van der Waals surface area (Å²) < 4.78 is 0. The lowest BCUT2D eigenvalue weighted by molar-refractivity contribution is -0.121. The number of nitrogens with one attached hydrogen (secondary N) is 1. The Hall–Kier alpha value is -0.640. The van der Waals surface area contributed by atoms with Crippen LogP contribution in [0.5, 0.6) is 0 Å². The van der Waals surface area contributed by atoms with Crippen LogP contribution in [0.15, 0.2) is 0 Å². The van der Waals surface area contributed by atoms with Crippen LogP contribution in [0.3, 0.4) is 0 Å². The van der Waals surface area contributed by atoms with Gasteiger partial charge in [-0.15, -0.1) is 0 Å². The molecule has 0 spiro atoms. The molecule has 0 aliphatic carbocycles. The molecule has 0 heterocycles. The van der Waals surface area contributed by atoms with E-state index in [-0.39, 0.29) is 5.91 Å². The zero-order chi connectivity index (χ0) is 12.2. The molecular weight excluding hydrogens is 220 g/mol. The van der Waals surface area contributed by atoms with Gasteiger partial charge in [0.15, 0.2) is 0 Å². The average Bonchev–Trinajstić information content (AvgIpc) is 2.24. The molecule has 0 bridgehead atoms. The van der Waals surface area contributed by atoms with E-state index in [0.717, 1.165) is 19.3 Å². The van der Waals surface area contributed by atoms with Gasteiger partial charge in [-0.2, -0.15) is 0 Å². The minimum atomic E-state index is 0.152. The van der Waals surface area contributed by atoms with E-state index in [1.54, 1.807) is 0 Å². The van der Waals surface area contributed by atoms with Crippen LogP contribution in [0.2, 0.25) is 0 Å². The molecule has 3 N–H and O–H groups in total. The molecule has 0 aliphatic rings. The lowest BCUT2D eigenvalue weighted by Crippen LogP contribution is -2.24. The van der Waals surface area contributed by atoms with Crippen molar-refractivity contribution in [2.75, 3.05) is 6.54 Å². The summed E-state index contributed by atoms with van der Waals surface area (Å²) in [6.45, 7) is 2.87. The first-order valence-electron chi connectivity index (χ1n) is 6.21. The summed E-state index contributed by atoms with van der Waals surface area (Å²) in [6, 6.07) is 0. The summed E-state index contributed by atoms with van der Waals surface area (Å²) >= 11 is 4.75. The second-order valence-corrected chi connectivity index (χ2v) is 4.61. The molecule has 0 aromatic heterocycles. The van der Waals surface area contributed by atoms with Gasteiger partial charge in [-0.25, -0.2) is 0 Å². The Morgan fingerprint density at radius 2 is 1.81 bits per heavy atom. The predicted octanol–water partition coefficient (Wildman–Crippen LogP) is 2.53. The van der Waals surface area contributed by atoms with Crippen LogP contribution >= 0.6 is 12.2 Å². The monoisotopic (exact) mass is 244 g/mol. The number of amides is 1. The molecule has 1 amide bonds. The van der Waals surface area contributed by atoms with E-state index in [2.05, 4.69) is 12.2 Å². The molecule has 16 heavy (non-hydrogen) atoms. The van der Waals surface area contributed by atoms with Crippen LogP contribution < -0.4 is 11.1 Å². The van der Waals surface area contributed by atoms with Crippen LogP contribution in [-0.2, 0) is 4.79 Å². The Labute approximate surface area is 104 Å². The molecule has 0 saturated heterocycles. The molecule has 94 valence electrons. The van der Waals surface area contributed by atoms with Gasteiger partial charge in [0, 0.05) is 13.0 Å². The van der Waals surface area contributed by atoms with Crippen molar-refractivity contribution < 1.29 is 4.79 Å². The highest BCUT2D eigenvalue weighted by Crippen LogP contribution is 2.04. The third-order valence-corrected chi connectivity index (χ3v) is 2.63. The molecule has 4 heteroatoms. The maximum Gasteiger partial charge on any atom is 0.219 e. The SMILES string of the molecule is CCCCCCCC(=O)NCCCC(N)=S. The van der Waals surface area contributed by atoms with E-state index in [1.165, 1.54) is 19.3 Å². The van der Waals surface area contributed by atoms with Crippen LogP contribution in [0.25, 0.3) is 0 Å². The van der Waals surface area contributed by atoms with Gasteiger partial charge in [-0.3, -0.25) is 4.79 Å². The van der Waals surface area contributed by atoms with Crippen LogP contribution in [0, 0.1) is 0 Å². The van der Waals surface area contributed by atoms with Crippen LogP contribution in [0.4, 0.5) is 0 Å². The van der Waals surface area contributed by atoms with Crippen molar-refractivity contribution in [3.8, 4) is 0 Å². The van der Waals surface area contributed by atoms with Crippen molar-refractivity contribution in [3.05, 3.63) is 0 Å². The second kappa shape index (κ2) is 10.9. The first-order valence-corrected chi connectivity index (χ1v) is 6.62. The molecular formula is C12H24N2OS. The molecule has 0 radical (unpaired) electrons. The number of rotatable bonds is 10. The Morgan fingerprint density at radius 3 is 2.44 bits per heavy atom. The van der Waals surface area contributed by atoms with Gasteiger partial charge in [0.25, 0.3) is 0 Å². The standard InChI is InChI=1S/C12H24N2OS/c1-2-3-4-5-6-9-12(15)14-10-7-8-11(13)16/h2-10H2,1H3,(H2,13,16)(H,14,15). The minimum Gasteiger partial charge on any atom is -0.393 e. The second-order valence-electron chi connectivity index (χ2n) is 4.08. The fraction of sp³-hybridized carbons (Fsp3) is 0.833. The fourth-order valence-electron chi connectivity index (χ4n) is 1.47. The Morgan fingerprint density at radius 1 is 1.12 bits per heavy atom. The fourth-order valence-corrected chi connectivity index (χ4v) is 1.61. The number of thiocarbonyl (C=S) groups is 1. The predicted molar refractivity (Wildman–Crippen MR) is 72.4 cm³/mol. The largest absolute Gasteiger partial charge is 0.393 e.